The minimum Gasteiger partial charge on any atom is -0.494 e. The van der Waals surface area contributed by atoms with Crippen molar-refractivity contribution < 1.29 is 31.1 Å². The van der Waals surface area contributed by atoms with Gasteiger partial charge in [0, 0.05) is 5.02 Å². The number of halogens is 4. The van der Waals surface area contributed by atoms with Gasteiger partial charge < -0.3 is 4.74 Å². The zero-order valence-electron chi connectivity index (χ0n) is 18.9. The number of nitrogens with zero attached hydrogens (tertiary/aromatic N) is 2. The maximum atomic E-state index is 13.3. The molecule has 0 fully saturated rings. The molecule has 0 aromatic heterocycles. The topological polar surface area (TPSA) is 88.1 Å². The minimum atomic E-state index is -4.53. The summed E-state index contributed by atoms with van der Waals surface area (Å²) in [4.78, 5) is 12.5. The van der Waals surface area contributed by atoms with E-state index in [4.69, 9.17) is 16.3 Å². The summed E-state index contributed by atoms with van der Waals surface area (Å²) in [6.45, 7) is 1.56. The van der Waals surface area contributed by atoms with Crippen LogP contribution in [0.3, 0.4) is 0 Å². The molecular formula is C24H21ClF3N3O4S. The van der Waals surface area contributed by atoms with Crippen LogP contribution >= 0.6 is 11.6 Å². The SMILES string of the molecule is CCOc1ccc(N(CC(=O)N/N=C\c2cccc(C(F)(F)F)c2)S(=O)(=O)c2ccc(Cl)cc2)cc1. The Morgan fingerprint density at radius 1 is 1.08 bits per heavy atom. The van der Waals surface area contributed by atoms with Crippen LogP contribution in [0.25, 0.3) is 0 Å². The van der Waals surface area contributed by atoms with E-state index in [1.165, 1.54) is 48.5 Å². The molecular weight excluding hydrogens is 519 g/mol. The van der Waals surface area contributed by atoms with Crippen LogP contribution in [-0.2, 0) is 21.0 Å². The molecule has 190 valence electrons. The van der Waals surface area contributed by atoms with Crippen LogP contribution in [0.1, 0.15) is 18.1 Å². The second kappa shape index (κ2) is 11.4. The number of ether oxygens (including phenoxy) is 1. The van der Waals surface area contributed by atoms with E-state index < -0.39 is 34.2 Å². The highest BCUT2D eigenvalue weighted by atomic mass is 35.5. The van der Waals surface area contributed by atoms with Crippen LogP contribution < -0.4 is 14.5 Å². The third-order valence-electron chi connectivity index (χ3n) is 4.74. The Kier molecular flexibility index (Phi) is 8.59. The molecule has 3 aromatic rings. The molecule has 0 aliphatic carbocycles. The standard InChI is InChI=1S/C24H21ClF3N3O4S/c1-2-35-21-10-8-20(9-11-21)31(36(33,34)22-12-6-19(25)7-13-22)16-23(32)30-29-15-17-4-3-5-18(14-17)24(26,27)28/h3-15H,2,16H2,1H3,(H,30,32)/b29-15-. The quantitative estimate of drug-likeness (QED) is 0.302. The van der Waals surface area contributed by atoms with Gasteiger partial charge in [-0.05, 0) is 73.2 Å². The number of amides is 1. The number of sulfonamides is 1. The summed E-state index contributed by atoms with van der Waals surface area (Å²) in [5.74, 6) is -0.301. The van der Waals surface area contributed by atoms with Crippen molar-refractivity contribution >= 4 is 39.4 Å². The summed E-state index contributed by atoms with van der Waals surface area (Å²) in [7, 11) is -4.19. The van der Waals surface area contributed by atoms with E-state index in [1.807, 2.05) is 0 Å². The van der Waals surface area contributed by atoms with E-state index in [0.717, 1.165) is 22.7 Å². The zero-order valence-corrected chi connectivity index (χ0v) is 20.4. The molecule has 0 unspecified atom stereocenters. The van der Waals surface area contributed by atoms with Crippen LogP contribution in [0.4, 0.5) is 18.9 Å². The maximum Gasteiger partial charge on any atom is 0.416 e. The molecule has 1 amide bonds. The summed E-state index contributed by atoms with van der Waals surface area (Å²) >= 11 is 5.87. The first kappa shape index (κ1) is 27.0. The van der Waals surface area contributed by atoms with Gasteiger partial charge in [0.1, 0.15) is 12.3 Å². The molecule has 0 heterocycles. The monoisotopic (exact) mass is 539 g/mol. The summed E-state index contributed by atoms with van der Waals surface area (Å²) in [5.41, 5.74) is 1.57. The molecule has 36 heavy (non-hydrogen) atoms. The molecule has 0 saturated carbocycles. The first-order chi connectivity index (χ1) is 17.0. The number of anilines is 1. The molecule has 0 aliphatic heterocycles. The van der Waals surface area contributed by atoms with Gasteiger partial charge in [-0.1, -0.05) is 23.7 Å². The lowest BCUT2D eigenvalue weighted by molar-refractivity contribution is -0.137. The van der Waals surface area contributed by atoms with Gasteiger partial charge >= 0.3 is 6.18 Å². The fourth-order valence-corrected chi connectivity index (χ4v) is 4.61. The summed E-state index contributed by atoms with van der Waals surface area (Å²) in [5, 5.41) is 4.00. The van der Waals surface area contributed by atoms with E-state index in [2.05, 4.69) is 10.5 Å². The number of alkyl halides is 3. The molecule has 7 nitrogen and oxygen atoms in total. The smallest absolute Gasteiger partial charge is 0.416 e. The van der Waals surface area contributed by atoms with Crippen molar-refractivity contribution in [1.82, 2.24) is 5.43 Å². The number of hydrazone groups is 1. The van der Waals surface area contributed by atoms with Crippen molar-refractivity contribution in [1.29, 1.82) is 0 Å². The van der Waals surface area contributed by atoms with Gasteiger partial charge in [0.25, 0.3) is 15.9 Å². The number of rotatable bonds is 9. The average Bonchev–Trinajstić information content (AvgIpc) is 2.83. The molecule has 1 N–H and O–H groups in total. The van der Waals surface area contributed by atoms with Crippen LogP contribution in [0.5, 0.6) is 5.75 Å². The molecule has 0 spiro atoms. The van der Waals surface area contributed by atoms with E-state index in [0.29, 0.717) is 17.4 Å². The Morgan fingerprint density at radius 2 is 1.75 bits per heavy atom. The Morgan fingerprint density at radius 3 is 2.36 bits per heavy atom. The number of nitrogens with one attached hydrogen (secondary N) is 1. The summed E-state index contributed by atoms with van der Waals surface area (Å²) in [6.07, 6.45) is -3.50. The molecule has 12 heteroatoms. The highest BCUT2D eigenvalue weighted by molar-refractivity contribution is 7.92. The van der Waals surface area contributed by atoms with Gasteiger partial charge in [0.15, 0.2) is 0 Å². The van der Waals surface area contributed by atoms with Crippen molar-refractivity contribution in [3.05, 3.63) is 88.9 Å². The van der Waals surface area contributed by atoms with Crippen LogP contribution in [0.15, 0.2) is 82.8 Å². The lowest BCUT2D eigenvalue weighted by Crippen LogP contribution is -2.39. The van der Waals surface area contributed by atoms with Crippen molar-refractivity contribution in [2.24, 2.45) is 5.10 Å². The molecule has 3 rings (SSSR count). The number of benzene rings is 3. The van der Waals surface area contributed by atoms with Crippen molar-refractivity contribution in [2.45, 2.75) is 18.0 Å². The summed E-state index contributed by atoms with van der Waals surface area (Å²) in [6, 6.07) is 15.9. The lowest BCUT2D eigenvalue weighted by Gasteiger charge is -2.24. The average molecular weight is 540 g/mol. The summed E-state index contributed by atoms with van der Waals surface area (Å²) < 4.78 is 71.6. The van der Waals surface area contributed by atoms with E-state index in [-0.39, 0.29) is 16.1 Å². The van der Waals surface area contributed by atoms with Crippen LogP contribution in [-0.4, -0.2) is 33.7 Å². The predicted molar refractivity (Wildman–Crippen MR) is 131 cm³/mol. The van der Waals surface area contributed by atoms with E-state index in [9.17, 15) is 26.4 Å². The van der Waals surface area contributed by atoms with E-state index in [1.54, 1.807) is 19.1 Å². The molecule has 3 aromatic carbocycles. The number of hydrogen-bond donors (Lipinski definition) is 1. The third kappa shape index (κ3) is 6.98. The van der Waals surface area contributed by atoms with Crippen molar-refractivity contribution in [3.63, 3.8) is 0 Å². The zero-order chi connectivity index (χ0) is 26.3. The fourth-order valence-electron chi connectivity index (χ4n) is 3.06. The second-order valence-electron chi connectivity index (χ2n) is 7.31. The number of carbonyl (C=O) groups is 1. The molecule has 0 bridgehead atoms. The van der Waals surface area contributed by atoms with Gasteiger partial charge in [-0.15, -0.1) is 0 Å². The molecule has 0 radical (unpaired) electrons. The maximum absolute atomic E-state index is 13.3. The Hall–Kier alpha value is -3.57. The third-order valence-corrected chi connectivity index (χ3v) is 6.78. The van der Waals surface area contributed by atoms with Gasteiger partial charge in [-0.25, -0.2) is 13.8 Å². The lowest BCUT2D eigenvalue weighted by atomic mass is 10.1. The highest BCUT2D eigenvalue weighted by Crippen LogP contribution is 2.29. The molecule has 0 saturated heterocycles. The van der Waals surface area contributed by atoms with Crippen LogP contribution in [0, 0.1) is 0 Å². The van der Waals surface area contributed by atoms with Crippen molar-refractivity contribution in [2.75, 3.05) is 17.5 Å². The first-order valence-corrected chi connectivity index (χ1v) is 12.3. The van der Waals surface area contributed by atoms with Gasteiger partial charge in [-0.3, -0.25) is 9.10 Å². The fraction of sp³-hybridized carbons (Fsp3) is 0.167. The number of hydrogen-bond acceptors (Lipinski definition) is 5. The van der Waals surface area contributed by atoms with Gasteiger partial charge in [0.05, 0.1) is 29.0 Å². The Labute approximate surface area is 211 Å². The molecule has 0 atom stereocenters. The van der Waals surface area contributed by atoms with Gasteiger partial charge in [-0.2, -0.15) is 18.3 Å². The van der Waals surface area contributed by atoms with Crippen molar-refractivity contribution in [3.8, 4) is 5.75 Å². The number of carbonyl (C=O) groups excluding carboxylic acids is 1. The first-order valence-electron chi connectivity index (χ1n) is 10.5. The molecule has 0 aliphatic rings. The highest BCUT2D eigenvalue weighted by Gasteiger charge is 2.30. The predicted octanol–water partition coefficient (Wildman–Crippen LogP) is 5.10. The van der Waals surface area contributed by atoms with E-state index >= 15 is 0 Å². The Bertz CT molecular complexity index is 1330. The van der Waals surface area contributed by atoms with Crippen LogP contribution in [0.2, 0.25) is 5.02 Å². The Balaban J connectivity index is 1.83. The van der Waals surface area contributed by atoms with Gasteiger partial charge in [0.2, 0.25) is 0 Å². The normalized spacial score (nSPS) is 11.9. The largest absolute Gasteiger partial charge is 0.494 e. The second-order valence-corrected chi connectivity index (χ2v) is 9.61. The minimum absolute atomic E-state index is 0.0962.